The lowest BCUT2D eigenvalue weighted by Gasteiger charge is -2.42. The van der Waals surface area contributed by atoms with Crippen LogP contribution in [0, 0.1) is 5.92 Å². The predicted molar refractivity (Wildman–Crippen MR) is 80.6 cm³/mol. The molecule has 0 saturated carbocycles. The molecule has 0 bridgehead atoms. The van der Waals surface area contributed by atoms with Crippen molar-refractivity contribution >= 4 is 29.6 Å². The molecule has 22 heavy (non-hydrogen) atoms. The number of amides is 1. The van der Waals surface area contributed by atoms with Gasteiger partial charge in [-0.05, 0) is 13.8 Å². The first-order valence-electron chi connectivity index (χ1n) is 7.23. The van der Waals surface area contributed by atoms with Gasteiger partial charge in [0, 0.05) is 11.7 Å². The van der Waals surface area contributed by atoms with Gasteiger partial charge in [-0.2, -0.15) is 0 Å². The second-order valence-corrected chi connectivity index (χ2v) is 8.15. The fourth-order valence-electron chi connectivity index (χ4n) is 2.57. The van der Waals surface area contributed by atoms with Crippen LogP contribution in [0.2, 0.25) is 0 Å². The van der Waals surface area contributed by atoms with Crippen LogP contribution in [-0.4, -0.2) is 51.2 Å². The lowest BCUT2D eigenvalue weighted by molar-refractivity contribution is -0.193. The minimum absolute atomic E-state index is 0.200. The van der Waals surface area contributed by atoms with Crippen LogP contribution in [0.15, 0.2) is 0 Å². The predicted octanol–water partition coefficient (Wildman–Crippen LogP) is 0.464. The number of esters is 2. The van der Waals surface area contributed by atoms with Crippen molar-refractivity contribution in [2.45, 2.75) is 63.1 Å². The van der Waals surface area contributed by atoms with E-state index in [-0.39, 0.29) is 17.2 Å². The Morgan fingerprint density at radius 2 is 1.86 bits per heavy atom. The number of ether oxygens (including phenoxy) is 2. The topological polar surface area (TPSA) is 98.9 Å². The SMILES string of the molecule is CC(OC(=O)C(C)C)OC(=O)[C@@H]1N2C(=O)[C@@H](N)[C@H]2SC1(C)C. The van der Waals surface area contributed by atoms with Crippen molar-refractivity contribution in [1.29, 1.82) is 0 Å². The second kappa shape index (κ2) is 5.73. The molecule has 124 valence electrons. The van der Waals surface area contributed by atoms with Gasteiger partial charge in [-0.1, -0.05) is 13.8 Å². The van der Waals surface area contributed by atoms with E-state index in [9.17, 15) is 14.4 Å². The lowest BCUT2D eigenvalue weighted by Crippen LogP contribution is -2.69. The molecule has 2 aliphatic heterocycles. The van der Waals surface area contributed by atoms with Gasteiger partial charge in [0.2, 0.25) is 12.2 Å². The molecule has 0 aliphatic carbocycles. The molecule has 2 N–H and O–H groups in total. The van der Waals surface area contributed by atoms with Crippen molar-refractivity contribution in [3.63, 3.8) is 0 Å². The number of β-lactam (4-membered cyclic amide) rings is 1. The third kappa shape index (κ3) is 2.81. The molecule has 2 saturated heterocycles. The second-order valence-electron chi connectivity index (χ2n) is 6.38. The third-order valence-electron chi connectivity index (χ3n) is 3.74. The van der Waals surface area contributed by atoms with E-state index < -0.39 is 35.1 Å². The number of carbonyl (C=O) groups is 3. The Bertz CT molecular complexity index is 507. The molecule has 2 fully saturated rings. The Labute approximate surface area is 133 Å². The molecule has 2 rings (SSSR count). The highest BCUT2D eigenvalue weighted by molar-refractivity contribution is 8.01. The van der Waals surface area contributed by atoms with Crippen LogP contribution < -0.4 is 5.73 Å². The molecule has 4 atom stereocenters. The van der Waals surface area contributed by atoms with Crippen LogP contribution >= 0.6 is 11.8 Å². The van der Waals surface area contributed by atoms with Gasteiger partial charge in [-0.15, -0.1) is 11.8 Å². The van der Waals surface area contributed by atoms with E-state index in [1.54, 1.807) is 13.8 Å². The van der Waals surface area contributed by atoms with Gasteiger partial charge in [0.25, 0.3) is 0 Å². The van der Waals surface area contributed by atoms with E-state index in [0.29, 0.717) is 0 Å². The zero-order valence-electron chi connectivity index (χ0n) is 13.4. The Morgan fingerprint density at radius 1 is 1.27 bits per heavy atom. The number of hydrogen-bond acceptors (Lipinski definition) is 7. The summed E-state index contributed by atoms with van der Waals surface area (Å²) in [6.07, 6.45) is -0.993. The van der Waals surface area contributed by atoms with Crippen LogP contribution in [-0.2, 0) is 23.9 Å². The van der Waals surface area contributed by atoms with Crippen LogP contribution in [0.25, 0.3) is 0 Å². The van der Waals surface area contributed by atoms with E-state index >= 15 is 0 Å². The Balaban J connectivity index is 2.03. The van der Waals surface area contributed by atoms with Gasteiger partial charge < -0.3 is 20.1 Å². The molecule has 0 aromatic heterocycles. The zero-order chi connectivity index (χ0) is 16.8. The van der Waals surface area contributed by atoms with Crippen LogP contribution in [0.4, 0.5) is 0 Å². The summed E-state index contributed by atoms with van der Waals surface area (Å²) >= 11 is 1.48. The van der Waals surface area contributed by atoms with Crippen LogP contribution in [0.1, 0.15) is 34.6 Å². The van der Waals surface area contributed by atoms with E-state index in [2.05, 4.69) is 0 Å². The summed E-state index contributed by atoms with van der Waals surface area (Å²) < 4.78 is 9.71. The van der Waals surface area contributed by atoms with E-state index in [1.165, 1.54) is 23.6 Å². The largest absolute Gasteiger partial charge is 0.425 e. The van der Waals surface area contributed by atoms with Crippen molar-refractivity contribution in [3.8, 4) is 0 Å². The van der Waals surface area contributed by atoms with Crippen LogP contribution in [0.5, 0.6) is 0 Å². The monoisotopic (exact) mass is 330 g/mol. The number of hydrogen-bond donors (Lipinski definition) is 1. The zero-order valence-corrected chi connectivity index (χ0v) is 14.2. The first kappa shape index (κ1) is 17.1. The summed E-state index contributed by atoms with van der Waals surface area (Å²) in [6, 6.07) is -1.30. The van der Waals surface area contributed by atoms with E-state index in [4.69, 9.17) is 15.2 Å². The average molecular weight is 330 g/mol. The minimum Gasteiger partial charge on any atom is -0.425 e. The molecule has 2 aliphatic rings. The highest BCUT2D eigenvalue weighted by Gasteiger charge is 2.63. The quantitative estimate of drug-likeness (QED) is 0.454. The fourth-order valence-corrected chi connectivity index (χ4v) is 4.14. The number of nitrogens with two attached hydrogens (primary N) is 1. The van der Waals surface area contributed by atoms with Gasteiger partial charge in [0.1, 0.15) is 17.5 Å². The summed E-state index contributed by atoms with van der Waals surface area (Å²) in [7, 11) is 0. The first-order chi connectivity index (χ1) is 10.1. The van der Waals surface area contributed by atoms with Crippen molar-refractivity contribution in [2.75, 3.05) is 0 Å². The summed E-state index contributed by atoms with van der Waals surface area (Å²) in [5.41, 5.74) is 5.76. The van der Waals surface area contributed by atoms with Gasteiger partial charge >= 0.3 is 11.9 Å². The smallest absolute Gasteiger partial charge is 0.333 e. The van der Waals surface area contributed by atoms with Crippen molar-refractivity contribution in [3.05, 3.63) is 0 Å². The molecule has 8 heteroatoms. The fraction of sp³-hybridized carbons (Fsp3) is 0.786. The molecule has 1 amide bonds. The minimum atomic E-state index is -0.993. The molecular formula is C14H22N2O5S. The number of carbonyl (C=O) groups excluding carboxylic acids is 3. The molecular weight excluding hydrogens is 308 g/mol. The number of thioether (sulfide) groups is 1. The number of nitrogens with zero attached hydrogens (tertiary/aromatic N) is 1. The molecule has 2 heterocycles. The summed E-state index contributed by atoms with van der Waals surface area (Å²) in [5.74, 6) is -1.58. The van der Waals surface area contributed by atoms with Gasteiger partial charge in [-0.25, -0.2) is 4.79 Å². The average Bonchev–Trinajstić information content (AvgIpc) is 2.66. The maximum Gasteiger partial charge on any atom is 0.333 e. The number of fused-ring (bicyclic) bond motifs is 1. The van der Waals surface area contributed by atoms with Crippen LogP contribution in [0.3, 0.4) is 0 Å². The van der Waals surface area contributed by atoms with E-state index in [1.807, 2.05) is 13.8 Å². The van der Waals surface area contributed by atoms with Crippen molar-refractivity contribution in [1.82, 2.24) is 4.90 Å². The molecule has 1 unspecified atom stereocenters. The molecule has 0 aromatic rings. The Hall–Kier alpha value is -1.28. The van der Waals surface area contributed by atoms with E-state index in [0.717, 1.165) is 0 Å². The maximum atomic E-state index is 12.4. The number of rotatable bonds is 4. The normalized spacial score (nSPS) is 30.6. The molecule has 0 aromatic carbocycles. The highest BCUT2D eigenvalue weighted by Crippen LogP contribution is 2.50. The Kier molecular flexibility index (Phi) is 4.45. The third-order valence-corrected chi connectivity index (χ3v) is 5.33. The standard InChI is InChI=1S/C14H22N2O5S/c1-6(2)12(18)20-7(3)21-13(19)9-14(4,5)22-11-8(15)10(17)16(9)11/h6-9,11H,15H2,1-5H3/t7?,8-,9+,11-/m1/s1. The van der Waals surface area contributed by atoms with Crippen molar-refractivity contribution < 1.29 is 23.9 Å². The van der Waals surface area contributed by atoms with Crippen molar-refractivity contribution in [2.24, 2.45) is 11.7 Å². The molecule has 0 spiro atoms. The van der Waals surface area contributed by atoms with Gasteiger partial charge in [0.05, 0.1) is 5.92 Å². The van der Waals surface area contributed by atoms with Gasteiger partial charge in [-0.3, -0.25) is 9.59 Å². The summed E-state index contributed by atoms with van der Waals surface area (Å²) in [6.45, 7) is 8.60. The molecule has 0 radical (unpaired) electrons. The lowest BCUT2D eigenvalue weighted by atomic mass is 9.96. The summed E-state index contributed by atoms with van der Waals surface area (Å²) in [4.78, 5) is 37.3. The van der Waals surface area contributed by atoms with Gasteiger partial charge in [0.15, 0.2) is 0 Å². The first-order valence-corrected chi connectivity index (χ1v) is 8.10. The maximum absolute atomic E-state index is 12.4. The highest BCUT2D eigenvalue weighted by atomic mass is 32.2. The Morgan fingerprint density at radius 3 is 2.41 bits per heavy atom. The molecule has 7 nitrogen and oxygen atoms in total. The summed E-state index contributed by atoms with van der Waals surface area (Å²) in [5, 5.41) is -0.200.